The highest BCUT2D eigenvalue weighted by Crippen LogP contribution is 2.26. The number of carboxylic acids is 1. The summed E-state index contributed by atoms with van der Waals surface area (Å²) < 4.78 is 0. The Hall–Kier alpha value is -1.94. The number of carboxylic acid groups (broad SMARTS) is 1. The average Bonchev–Trinajstić information content (AvgIpc) is 2.35. The van der Waals surface area contributed by atoms with Gasteiger partial charge in [-0.15, -0.1) is 0 Å². The number of nitrogens with zero attached hydrogens (tertiary/aromatic N) is 1. The first kappa shape index (κ1) is 11.2. The van der Waals surface area contributed by atoms with Crippen LogP contribution in [0.5, 0.6) is 0 Å². The standard InChI is InChI=1S/C14H14N2O2/c1-8-2-3-9-12(6-8)16-11-4-5-15-7-10(11)13(9)14(17)18/h2-3,6,15H,4-5,7H2,1H3,(H,17,18). The van der Waals surface area contributed by atoms with Crippen molar-refractivity contribution < 1.29 is 9.90 Å². The third-order valence-electron chi connectivity index (χ3n) is 3.38. The molecule has 1 aliphatic heterocycles. The number of aryl methyl sites for hydroxylation is 1. The van der Waals surface area contributed by atoms with Crippen LogP contribution in [-0.2, 0) is 13.0 Å². The molecular weight excluding hydrogens is 228 g/mol. The van der Waals surface area contributed by atoms with Crippen molar-refractivity contribution >= 4 is 16.9 Å². The number of carbonyl (C=O) groups is 1. The Balaban J connectivity index is 2.40. The molecule has 2 heterocycles. The first-order chi connectivity index (χ1) is 8.66. The van der Waals surface area contributed by atoms with Gasteiger partial charge in [-0.3, -0.25) is 4.98 Å². The van der Waals surface area contributed by atoms with Crippen LogP contribution in [0.25, 0.3) is 10.9 Å². The van der Waals surface area contributed by atoms with Crippen molar-refractivity contribution in [2.45, 2.75) is 19.9 Å². The SMILES string of the molecule is Cc1ccc2c(C(=O)O)c3c(nc2c1)CCNC3. The first-order valence-electron chi connectivity index (χ1n) is 6.03. The lowest BCUT2D eigenvalue weighted by Gasteiger charge is -2.19. The summed E-state index contributed by atoms with van der Waals surface area (Å²) in [6.07, 6.45) is 0.791. The van der Waals surface area contributed by atoms with E-state index >= 15 is 0 Å². The van der Waals surface area contributed by atoms with Gasteiger partial charge in [0.1, 0.15) is 0 Å². The molecule has 0 radical (unpaired) electrons. The number of hydrogen-bond donors (Lipinski definition) is 2. The Labute approximate surface area is 105 Å². The van der Waals surface area contributed by atoms with E-state index in [4.69, 9.17) is 0 Å². The molecular formula is C14H14N2O2. The van der Waals surface area contributed by atoms with Gasteiger partial charge in [-0.1, -0.05) is 12.1 Å². The van der Waals surface area contributed by atoms with Gasteiger partial charge in [0.15, 0.2) is 0 Å². The van der Waals surface area contributed by atoms with Gasteiger partial charge in [0.25, 0.3) is 0 Å². The Morgan fingerprint density at radius 3 is 3.06 bits per heavy atom. The minimum atomic E-state index is -0.869. The van der Waals surface area contributed by atoms with E-state index in [1.165, 1.54) is 0 Å². The topological polar surface area (TPSA) is 62.2 Å². The zero-order chi connectivity index (χ0) is 12.7. The minimum absolute atomic E-state index is 0.405. The summed E-state index contributed by atoms with van der Waals surface area (Å²) in [5.74, 6) is -0.869. The molecule has 0 unspecified atom stereocenters. The maximum atomic E-state index is 11.5. The number of rotatable bonds is 1. The van der Waals surface area contributed by atoms with Crippen LogP contribution in [0.3, 0.4) is 0 Å². The molecule has 2 N–H and O–H groups in total. The van der Waals surface area contributed by atoms with Crippen LogP contribution < -0.4 is 5.32 Å². The van der Waals surface area contributed by atoms with Crippen molar-refractivity contribution in [3.05, 3.63) is 40.6 Å². The van der Waals surface area contributed by atoms with E-state index in [9.17, 15) is 9.90 Å². The van der Waals surface area contributed by atoms with Gasteiger partial charge in [0, 0.05) is 36.2 Å². The maximum absolute atomic E-state index is 11.5. The summed E-state index contributed by atoms with van der Waals surface area (Å²) in [5, 5.41) is 13.4. The number of nitrogens with one attached hydrogen (secondary N) is 1. The van der Waals surface area contributed by atoms with Crippen molar-refractivity contribution in [3.63, 3.8) is 0 Å². The molecule has 0 atom stereocenters. The highest BCUT2D eigenvalue weighted by molar-refractivity contribution is 6.04. The summed E-state index contributed by atoms with van der Waals surface area (Å²) in [4.78, 5) is 16.1. The quantitative estimate of drug-likeness (QED) is 0.801. The fraction of sp³-hybridized carbons (Fsp3) is 0.286. The van der Waals surface area contributed by atoms with Crippen LogP contribution in [0.4, 0.5) is 0 Å². The zero-order valence-electron chi connectivity index (χ0n) is 10.2. The fourth-order valence-electron chi connectivity index (χ4n) is 2.53. The Bertz CT molecular complexity index is 650. The van der Waals surface area contributed by atoms with Gasteiger partial charge in [-0.25, -0.2) is 4.79 Å². The number of benzene rings is 1. The highest BCUT2D eigenvalue weighted by atomic mass is 16.4. The molecule has 4 heteroatoms. The monoisotopic (exact) mass is 242 g/mol. The van der Waals surface area contributed by atoms with Gasteiger partial charge in [-0.05, 0) is 18.6 Å². The normalized spacial score (nSPS) is 14.5. The lowest BCUT2D eigenvalue weighted by molar-refractivity contribution is 0.0697. The molecule has 4 nitrogen and oxygen atoms in total. The fourth-order valence-corrected chi connectivity index (χ4v) is 2.53. The Morgan fingerprint density at radius 2 is 2.28 bits per heavy atom. The van der Waals surface area contributed by atoms with E-state index in [2.05, 4.69) is 10.3 Å². The first-order valence-corrected chi connectivity index (χ1v) is 6.03. The van der Waals surface area contributed by atoms with Gasteiger partial charge in [-0.2, -0.15) is 0 Å². The predicted octanol–water partition coefficient (Wildman–Crippen LogP) is 1.89. The molecule has 1 aromatic carbocycles. The molecule has 0 fully saturated rings. The molecule has 0 aliphatic carbocycles. The van der Waals surface area contributed by atoms with E-state index in [-0.39, 0.29) is 0 Å². The van der Waals surface area contributed by atoms with Crippen LogP contribution in [0.1, 0.15) is 27.2 Å². The van der Waals surface area contributed by atoms with Crippen LogP contribution >= 0.6 is 0 Å². The Morgan fingerprint density at radius 1 is 1.44 bits per heavy atom. The number of pyridine rings is 1. The van der Waals surface area contributed by atoms with E-state index in [0.717, 1.165) is 40.7 Å². The molecule has 0 amide bonds. The highest BCUT2D eigenvalue weighted by Gasteiger charge is 2.21. The minimum Gasteiger partial charge on any atom is -0.478 e. The second-order valence-corrected chi connectivity index (χ2v) is 4.66. The lowest BCUT2D eigenvalue weighted by atomic mass is 9.96. The number of fused-ring (bicyclic) bond motifs is 2. The van der Waals surface area contributed by atoms with Crippen LogP contribution in [0.2, 0.25) is 0 Å². The molecule has 0 saturated heterocycles. The summed E-state index contributed by atoms with van der Waals surface area (Å²) in [6.45, 7) is 3.44. The van der Waals surface area contributed by atoms with Crippen molar-refractivity contribution in [3.8, 4) is 0 Å². The van der Waals surface area contributed by atoms with Crippen LogP contribution in [-0.4, -0.2) is 22.6 Å². The summed E-state index contributed by atoms with van der Waals surface area (Å²) >= 11 is 0. The number of aromatic nitrogens is 1. The van der Waals surface area contributed by atoms with Crippen LogP contribution in [0, 0.1) is 6.92 Å². The molecule has 0 saturated carbocycles. The van der Waals surface area contributed by atoms with Gasteiger partial charge in [0.05, 0.1) is 11.1 Å². The smallest absolute Gasteiger partial charge is 0.336 e. The largest absolute Gasteiger partial charge is 0.478 e. The van der Waals surface area contributed by atoms with Crippen LogP contribution in [0.15, 0.2) is 18.2 Å². The van der Waals surface area contributed by atoms with Crippen molar-refractivity contribution in [1.29, 1.82) is 0 Å². The third kappa shape index (κ3) is 1.66. The molecule has 3 rings (SSSR count). The average molecular weight is 242 g/mol. The second-order valence-electron chi connectivity index (χ2n) is 4.66. The van der Waals surface area contributed by atoms with Gasteiger partial charge < -0.3 is 10.4 Å². The number of aromatic carboxylic acids is 1. The molecule has 1 aromatic heterocycles. The summed E-state index contributed by atoms with van der Waals surface area (Å²) in [5.41, 5.74) is 4.05. The molecule has 0 spiro atoms. The summed E-state index contributed by atoms with van der Waals surface area (Å²) in [6, 6.07) is 5.74. The summed E-state index contributed by atoms with van der Waals surface area (Å²) in [7, 11) is 0. The molecule has 18 heavy (non-hydrogen) atoms. The molecule has 2 aromatic rings. The van der Waals surface area contributed by atoms with Crippen molar-refractivity contribution in [2.24, 2.45) is 0 Å². The van der Waals surface area contributed by atoms with Gasteiger partial charge in [0.2, 0.25) is 0 Å². The maximum Gasteiger partial charge on any atom is 0.336 e. The van der Waals surface area contributed by atoms with E-state index in [0.29, 0.717) is 12.1 Å². The van der Waals surface area contributed by atoms with Gasteiger partial charge >= 0.3 is 5.97 Å². The second kappa shape index (κ2) is 4.07. The number of hydrogen-bond acceptors (Lipinski definition) is 3. The van der Waals surface area contributed by atoms with Crippen molar-refractivity contribution in [2.75, 3.05) is 6.54 Å². The molecule has 1 aliphatic rings. The lowest BCUT2D eigenvalue weighted by Crippen LogP contribution is -2.27. The molecule has 0 bridgehead atoms. The predicted molar refractivity (Wildman–Crippen MR) is 68.9 cm³/mol. The van der Waals surface area contributed by atoms with Crippen molar-refractivity contribution in [1.82, 2.24) is 10.3 Å². The third-order valence-corrected chi connectivity index (χ3v) is 3.38. The zero-order valence-corrected chi connectivity index (χ0v) is 10.2. The van der Waals surface area contributed by atoms with E-state index < -0.39 is 5.97 Å². The Kier molecular flexibility index (Phi) is 2.52. The molecule has 92 valence electrons. The van der Waals surface area contributed by atoms with E-state index in [1.54, 1.807) is 0 Å². The van der Waals surface area contributed by atoms with E-state index in [1.807, 2.05) is 25.1 Å².